The van der Waals surface area contributed by atoms with Gasteiger partial charge < -0.3 is 5.32 Å². The van der Waals surface area contributed by atoms with Gasteiger partial charge in [-0.15, -0.1) is 11.3 Å². The quantitative estimate of drug-likeness (QED) is 0.852. The number of anilines is 1. The van der Waals surface area contributed by atoms with Gasteiger partial charge in [0.2, 0.25) is 5.91 Å². The molecule has 1 heterocycles. The zero-order chi connectivity index (χ0) is 14.7. The zero-order valence-corrected chi connectivity index (χ0v) is 14.1. The van der Waals surface area contributed by atoms with Crippen molar-refractivity contribution < 1.29 is 4.79 Å². The Balaban J connectivity index is 2.21. The number of rotatable bonds is 4. The van der Waals surface area contributed by atoms with Crippen molar-refractivity contribution in [2.75, 3.05) is 5.32 Å². The van der Waals surface area contributed by atoms with Gasteiger partial charge in [0, 0.05) is 20.8 Å². The second-order valence-electron chi connectivity index (χ2n) is 4.73. The maximum Gasteiger partial charge on any atom is 0.228 e. The van der Waals surface area contributed by atoms with Gasteiger partial charge in [-0.25, -0.2) is 4.98 Å². The first kappa shape index (κ1) is 15.2. The van der Waals surface area contributed by atoms with Crippen LogP contribution < -0.4 is 5.32 Å². The number of nitrogens with zero attached hydrogens (tertiary/aromatic N) is 1. The Hall–Kier alpha value is -1.20. The average molecular weight is 353 g/mol. The number of halogens is 1. The molecule has 20 heavy (non-hydrogen) atoms. The van der Waals surface area contributed by atoms with E-state index in [0.29, 0.717) is 5.13 Å². The topological polar surface area (TPSA) is 42.0 Å². The van der Waals surface area contributed by atoms with Crippen LogP contribution >= 0.6 is 27.3 Å². The van der Waals surface area contributed by atoms with Gasteiger partial charge in [0.05, 0.1) is 5.69 Å². The van der Waals surface area contributed by atoms with Crippen LogP contribution in [-0.2, 0) is 4.79 Å². The van der Waals surface area contributed by atoms with Gasteiger partial charge in [-0.05, 0) is 25.5 Å². The third-order valence-corrected chi connectivity index (χ3v) is 4.62. The van der Waals surface area contributed by atoms with Crippen LogP contribution in [0.5, 0.6) is 0 Å². The zero-order valence-electron chi connectivity index (χ0n) is 11.7. The highest BCUT2D eigenvalue weighted by Crippen LogP contribution is 2.31. The summed E-state index contributed by atoms with van der Waals surface area (Å²) < 4.78 is 1.04. The summed E-state index contributed by atoms with van der Waals surface area (Å²) in [7, 11) is 0. The molecule has 0 saturated carbocycles. The van der Waals surface area contributed by atoms with Crippen molar-refractivity contribution in [3.63, 3.8) is 0 Å². The molecule has 0 fully saturated rings. The Morgan fingerprint density at radius 3 is 2.65 bits per heavy atom. The molecule has 2 aromatic rings. The first-order valence-corrected chi connectivity index (χ1v) is 8.16. The van der Waals surface area contributed by atoms with Crippen molar-refractivity contribution in [1.29, 1.82) is 0 Å². The summed E-state index contributed by atoms with van der Waals surface area (Å²) in [6.07, 6.45) is 0.829. The molecule has 0 aliphatic carbocycles. The molecule has 1 unspecified atom stereocenters. The first-order chi connectivity index (χ1) is 9.51. The van der Waals surface area contributed by atoms with E-state index in [-0.39, 0.29) is 11.8 Å². The number of hydrogen-bond donors (Lipinski definition) is 1. The number of carbonyl (C=O) groups excluding carboxylic acids is 1. The molecule has 2 rings (SSSR count). The molecule has 0 spiro atoms. The molecule has 106 valence electrons. The fourth-order valence-corrected chi connectivity index (χ4v) is 2.84. The number of nitrogens with one attached hydrogen (secondary N) is 1. The standard InChI is InChI=1S/C15H17BrN2OS/c1-4-9(2)14(19)18-15-17-13(10(3)20-15)11-5-7-12(16)8-6-11/h5-9H,4H2,1-3H3,(H,17,18,19). The van der Waals surface area contributed by atoms with E-state index in [4.69, 9.17) is 0 Å². The second-order valence-corrected chi connectivity index (χ2v) is 6.85. The molecule has 1 atom stereocenters. The van der Waals surface area contributed by atoms with Crippen molar-refractivity contribution in [3.8, 4) is 11.3 Å². The predicted molar refractivity (Wildman–Crippen MR) is 88.1 cm³/mol. The van der Waals surface area contributed by atoms with Crippen molar-refractivity contribution in [3.05, 3.63) is 33.6 Å². The fourth-order valence-electron chi connectivity index (χ4n) is 1.74. The molecule has 3 nitrogen and oxygen atoms in total. The lowest BCUT2D eigenvalue weighted by atomic mass is 10.1. The van der Waals surface area contributed by atoms with Gasteiger partial charge in [0.15, 0.2) is 5.13 Å². The molecule has 0 saturated heterocycles. The van der Waals surface area contributed by atoms with E-state index in [1.54, 1.807) is 0 Å². The van der Waals surface area contributed by atoms with Crippen LogP contribution in [0.15, 0.2) is 28.7 Å². The van der Waals surface area contributed by atoms with Gasteiger partial charge >= 0.3 is 0 Å². The average Bonchev–Trinajstić information content (AvgIpc) is 2.79. The minimum atomic E-state index is 0.00957. The van der Waals surface area contributed by atoms with E-state index in [9.17, 15) is 4.79 Å². The van der Waals surface area contributed by atoms with E-state index in [1.807, 2.05) is 45.0 Å². The monoisotopic (exact) mass is 352 g/mol. The third kappa shape index (κ3) is 3.46. The minimum absolute atomic E-state index is 0.00957. The number of benzene rings is 1. The SMILES string of the molecule is CCC(C)C(=O)Nc1nc(-c2ccc(Br)cc2)c(C)s1. The van der Waals surface area contributed by atoms with Crippen molar-refractivity contribution in [1.82, 2.24) is 4.98 Å². The summed E-state index contributed by atoms with van der Waals surface area (Å²) in [4.78, 5) is 17.5. The normalized spacial score (nSPS) is 12.2. The molecule has 1 aromatic heterocycles. The van der Waals surface area contributed by atoms with Crippen LogP contribution in [0, 0.1) is 12.8 Å². The highest BCUT2D eigenvalue weighted by Gasteiger charge is 2.15. The van der Waals surface area contributed by atoms with E-state index in [0.717, 1.165) is 27.0 Å². The number of amides is 1. The maximum atomic E-state index is 11.9. The summed E-state index contributed by atoms with van der Waals surface area (Å²) in [6.45, 7) is 5.95. The molecular weight excluding hydrogens is 336 g/mol. The molecule has 1 N–H and O–H groups in total. The van der Waals surface area contributed by atoms with E-state index >= 15 is 0 Å². The third-order valence-electron chi connectivity index (χ3n) is 3.20. The molecule has 0 bridgehead atoms. The van der Waals surface area contributed by atoms with Gasteiger partial charge in [0.1, 0.15) is 0 Å². The summed E-state index contributed by atoms with van der Waals surface area (Å²) in [5.41, 5.74) is 1.99. The highest BCUT2D eigenvalue weighted by molar-refractivity contribution is 9.10. The van der Waals surface area contributed by atoms with Gasteiger partial charge in [-0.3, -0.25) is 4.79 Å². The Morgan fingerprint density at radius 2 is 2.05 bits per heavy atom. The molecule has 1 amide bonds. The smallest absolute Gasteiger partial charge is 0.228 e. The van der Waals surface area contributed by atoms with E-state index in [1.165, 1.54) is 11.3 Å². The van der Waals surface area contributed by atoms with Crippen molar-refractivity contribution >= 4 is 38.3 Å². The fraction of sp³-hybridized carbons (Fsp3) is 0.333. The van der Waals surface area contributed by atoms with Gasteiger partial charge in [-0.1, -0.05) is 41.9 Å². The number of thiazole rings is 1. The molecule has 0 radical (unpaired) electrons. The molecule has 0 aliphatic rings. The van der Waals surface area contributed by atoms with Crippen LogP contribution in [-0.4, -0.2) is 10.9 Å². The number of aromatic nitrogens is 1. The van der Waals surface area contributed by atoms with E-state index in [2.05, 4.69) is 26.2 Å². The lowest BCUT2D eigenvalue weighted by Gasteiger charge is -2.06. The molecule has 1 aromatic carbocycles. The summed E-state index contributed by atoms with van der Waals surface area (Å²) in [6, 6.07) is 8.02. The van der Waals surface area contributed by atoms with Crippen LogP contribution in [0.3, 0.4) is 0 Å². The van der Waals surface area contributed by atoms with Crippen molar-refractivity contribution in [2.45, 2.75) is 27.2 Å². The maximum absolute atomic E-state index is 11.9. The van der Waals surface area contributed by atoms with Crippen LogP contribution in [0.25, 0.3) is 11.3 Å². The lowest BCUT2D eigenvalue weighted by Crippen LogP contribution is -2.19. The first-order valence-electron chi connectivity index (χ1n) is 6.55. The predicted octanol–water partition coefficient (Wildman–Crippen LogP) is 4.87. The number of aryl methyl sites for hydroxylation is 1. The summed E-state index contributed by atoms with van der Waals surface area (Å²) in [5, 5.41) is 3.57. The van der Waals surface area contributed by atoms with Crippen LogP contribution in [0.1, 0.15) is 25.1 Å². The summed E-state index contributed by atoms with van der Waals surface area (Å²) in [5.74, 6) is 0.0407. The van der Waals surface area contributed by atoms with Crippen LogP contribution in [0.2, 0.25) is 0 Å². The van der Waals surface area contributed by atoms with Crippen molar-refractivity contribution in [2.24, 2.45) is 5.92 Å². The highest BCUT2D eigenvalue weighted by atomic mass is 79.9. The second kappa shape index (κ2) is 6.50. The van der Waals surface area contributed by atoms with Crippen LogP contribution in [0.4, 0.5) is 5.13 Å². The van der Waals surface area contributed by atoms with Gasteiger partial charge in [-0.2, -0.15) is 0 Å². The molecule has 0 aliphatic heterocycles. The minimum Gasteiger partial charge on any atom is -0.302 e. The lowest BCUT2D eigenvalue weighted by molar-refractivity contribution is -0.119. The van der Waals surface area contributed by atoms with E-state index < -0.39 is 0 Å². The number of hydrogen-bond acceptors (Lipinski definition) is 3. The summed E-state index contributed by atoms with van der Waals surface area (Å²) >= 11 is 4.94. The largest absolute Gasteiger partial charge is 0.302 e. The molecule has 5 heteroatoms. The Kier molecular flexibility index (Phi) is 4.94. The molecular formula is C15H17BrN2OS. The van der Waals surface area contributed by atoms with Gasteiger partial charge in [0.25, 0.3) is 0 Å². The Morgan fingerprint density at radius 1 is 1.40 bits per heavy atom. The Labute approximate surface area is 131 Å². The Bertz CT molecular complexity index is 607. The number of carbonyl (C=O) groups is 1.